The van der Waals surface area contributed by atoms with Crippen LogP contribution in [0.25, 0.3) is 11.3 Å². The highest BCUT2D eigenvalue weighted by molar-refractivity contribution is 7.99. The fourth-order valence-corrected chi connectivity index (χ4v) is 2.79. The number of nitrogens with zero attached hydrogens (tertiary/aromatic N) is 2. The molecule has 2 aromatic rings. The predicted octanol–water partition coefficient (Wildman–Crippen LogP) is 5.52. The zero-order valence-corrected chi connectivity index (χ0v) is 13.9. The van der Waals surface area contributed by atoms with Crippen LogP contribution in [0.5, 0.6) is 5.75 Å². The minimum absolute atomic E-state index is 0.0357. The molecule has 0 radical (unpaired) electrons. The highest BCUT2D eigenvalue weighted by atomic mass is 32.2. The summed E-state index contributed by atoms with van der Waals surface area (Å²) in [6.45, 7) is 0.481. The van der Waals surface area contributed by atoms with Gasteiger partial charge in [0.05, 0.1) is 16.8 Å². The van der Waals surface area contributed by atoms with Gasteiger partial charge in [0.25, 0.3) is 0 Å². The molecule has 0 N–H and O–H groups in total. The Kier molecular flexibility index (Phi) is 6.21. The van der Waals surface area contributed by atoms with E-state index >= 15 is 0 Å². The van der Waals surface area contributed by atoms with Gasteiger partial charge >= 0.3 is 12.8 Å². The highest BCUT2D eigenvalue weighted by Crippen LogP contribution is 2.38. The summed E-state index contributed by atoms with van der Waals surface area (Å²) in [7, 11) is 0. The van der Waals surface area contributed by atoms with Crippen molar-refractivity contribution in [3.63, 3.8) is 0 Å². The van der Waals surface area contributed by atoms with E-state index in [4.69, 9.17) is 5.26 Å². The first-order valence-electron chi connectivity index (χ1n) is 7.07. The molecule has 26 heavy (non-hydrogen) atoms. The zero-order valence-electron chi connectivity index (χ0n) is 13.1. The molecule has 3 nitrogen and oxygen atoms in total. The second kappa shape index (κ2) is 8.19. The smallest absolute Gasteiger partial charge is 0.417 e. The Morgan fingerprint density at radius 1 is 1.27 bits per heavy atom. The third-order valence-corrected chi connectivity index (χ3v) is 4.09. The number of aromatic nitrogens is 1. The highest BCUT2D eigenvalue weighted by Gasteiger charge is 2.36. The van der Waals surface area contributed by atoms with Crippen molar-refractivity contribution in [1.82, 2.24) is 4.98 Å². The molecule has 0 atom stereocenters. The van der Waals surface area contributed by atoms with Crippen LogP contribution in [0.15, 0.2) is 48.0 Å². The molecule has 0 aliphatic carbocycles. The summed E-state index contributed by atoms with van der Waals surface area (Å²) in [6, 6.07) is 7.34. The van der Waals surface area contributed by atoms with Crippen LogP contribution in [0.2, 0.25) is 0 Å². The maximum atomic E-state index is 13.3. The summed E-state index contributed by atoms with van der Waals surface area (Å²) in [5.41, 5.74) is -1.44. The molecule has 0 fully saturated rings. The second-order valence-electron chi connectivity index (χ2n) is 4.85. The van der Waals surface area contributed by atoms with Gasteiger partial charge in [0.15, 0.2) is 0 Å². The van der Waals surface area contributed by atoms with Gasteiger partial charge in [-0.05, 0) is 30.3 Å². The van der Waals surface area contributed by atoms with E-state index in [1.807, 2.05) is 0 Å². The lowest BCUT2D eigenvalue weighted by Gasteiger charge is -2.14. The molecule has 0 spiro atoms. The molecule has 0 aliphatic heterocycles. The third kappa shape index (κ3) is 4.73. The minimum atomic E-state index is -4.75. The molecule has 0 unspecified atom stereocenters. The van der Waals surface area contributed by atoms with Crippen LogP contribution in [0.3, 0.4) is 0 Å². The largest absolute Gasteiger partial charge is 0.435 e. The fraction of sp³-hybridized carbons (Fsp3) is 0.176. The van der Waals surface area contributed by atoms with Crippen LogP contribution in [0.1, 0.15) is 11.1 Å². The molecule has 0 aliphatic rings. The number of alkyl halides is 5. The van der Waals surface area contributed by atoms with Gasteiger partial charge in [-0.3, -0.25) is 0 Å². The summed E-state index contributed by atoms with van der Waals surface area (Å²) >= 11 is 0.947. The maximum absolute atomic E-state index is 13.3. The van der Waals surface area contributed by atoms with Gasteiger partial charge < -0.3 is 4.74 Å². The first-order chi connectivity index (χ1) is 12.3. The van der Waals surface area contributed by atoms with E-state index in [2.05, 4.69) is 16.3 Å². The van der Waals surface area contributed by atoms with Crippen LogP contribution in [0, 0.1) is 11.3 Å². The van der Waals surface area contributed by atoms with Crippen molar-refractivity contribution in [3.05, 3.63) is 54.1 Å². The van der Waals surface area contributed by atoms with E-state index in [1.165, 1.54) is 30.3 Å². The number of hydrogen-bond acceptors (Lipinski definition) is 4. The van der Waals surface area contributed by atoms with E-state index < -0.39 is 23.9 Å². The van der Waals surface area contributed by atoms with Gasteiger partial charge in [-0.15, -0.1) is 18.3 Å². The monoisotopic (exact) mass is 386 g/mol. The second-order valence-corrected chi connectivity index (χ2v) is 5.86. The van der Waals surface area contributed by atoms with Gasteiger partial charge in [0.2, 0.25) is 0 Å². The van der Waals surface area contributed by atoms with Gasteiger partial charge in [-0.2, -0.15) is 27.2 Å². The van der Waals surface area contributed by atoms with Crippen LogP contribution in [-0.4, -0.2) is 17.3 Å². The Morgan fingerprint density at radius 2 is 1.92 bits per heavy atom. The number of benzene rings is 1. The molecule has 0 saturated heterocycles. The number of pyridine rings is 1. The quantitative estimate of drug-likeness (QED) is 0.373. The van der Waals surface area contributed by atoms with Crippen molar-refractivity contribution < 1.29 is 26.7 Å². The van der Waals surface area contributed by atoms with Gasteiger partial charge in [0, 0.05) is 11.3 Å². The van der Waals surface area contributed by atoms with Crippen LogP contribution >= 0.6 is 11.8 Å². The van der Waals surface area contributed by atoms with E-state index in [-0.39, 0.29) is 27.8 Å². The van der Waals surface area contributed by atoms with E-state index in [0.717, 1.165) is 17.8 Å². The molecule has 9 heteroatoms. The van der Waals surface area contributed by atoms with Crippen molar-refractivity contribution in [1.29, 1.82) is 5.26 Å². The average molecular weight is 386 g/mol. The van der Waals surface area contributed by atoms with Crippen molar-refractivity contribution in [2.24, 2.45) is 0 Å². The summed E-state index contributed by atoms with van der Waals surface area (Å²) in [5.74, 6) is 0.138. The number of thioether (sulfide) groups is 1. The predicted molar refractivity (Wildman–Crippen MR) is 86.9 cm³/mol. The normalized spacial score (nSPS) is 11.3. The Morgan fingerprint density at radius 3 is 2.42 bits per heavy atom. The molecule has 0 bridgehead atoms. The number of hydrogen-bond donors (Lipinski definition) is 0. The van der Waals surface area contributed by atoms with Crippen LogP contribution < -0.4 is 4.74 Å². The van der Waals surface area contributed by atoms with Gasteiger partial charge in [0.1, 0.15) is 16.8 Å². The third-order valence-electron chi connectivity index (χ3n) is 3.12. The van der Waals surface area contributed by atoms with Crippen LogP contribution in [-0.2, 0) is 6.18 Å². The molecule has 1 aromatic carbocycles. The first kappa shape index (κ1) is 19.7. The standard InChI is InChI=1S/C17H11F5N2OS/c1-2-7-26-15-12(9-23)13(17(20,21)22)8-14(24-15)10-3-5-11(6-4-10)25-16(18)19/h2-6,8,16H,1,7H2. The SMILES string of the molecule is C=CCSc1nc(-c2ccc(OC(F)F)cc2)cc(C(F)(F)F)c1C#N. The molecule has 1 aromatic heterocycles. The topological polar surface area (TPSA) is 45.9 Å². The van der Waals surface area contributed by atoms with E-state index in [0.29, 0.717) is 0 Å². The lowest BCUT2D eigenvalue weighted by Crippen LogP contribution is -2.10. The molecule has 0 amide bonds. The lowest BCUT2D eigenvalue weighted by molar-refractivity contribution is -0.138. The summed E-state index contributed by atoms with van der Waals surface area (Å²) in [4.78, 5) is 4.12. The van der Waals surface area contributed by atoms with Gasteiger partial charge in [-0.25, -0.2) is 4.98 Å². The van der Waals surface area contributed by atoms with E-state index in [9.17, 15) is 22.0 Å². The summed E-state index contributed by atoms with van der Waals surface area (Å²) in [6.07, 6.45) is -3.27. The van der Waals surface area contributed by atoms with Gasteiger partial charge in [-0.1, -0.05) is 6.08 Å². The molecule has 1 heterocycles. The van der Waals surface area contributed by atoms with Crippen LogP contribution in [0.4, 0.5) is 22.0 Å². The minimum Gasteiger partial charge on any atom is -0.435 e. The Balaban J connectivity index is 2.54. The number of halogens is 5. The molecular weight excluding hydrogens is 375 g/mol. The fourth-order valence-electron chi connectivity index (χ4n) is 2.05. The molecular formula is C17H11F5N2OS. The first-order valence-corrected chi connectivity index (χ1v) is 8.06. The van der Waals surface area contributed by atoms with Crippen molar-refractivity contribution in [3.8, 4) is 23.1 Å². The Labute approximate surface area is 150 Å². The summed E-state index contributed by atoms with van der Waals surface area (Å²) in [5, 5.41) is 9.05. The molecule has 136 valence electrons. The lowest BCUT2D eigenvalue weighted by atomic mass is 10.1. The Bertz CT molecular complexity index is 829. The average Bonchev–Trinajstić information content (AvgIpc) is 2.58. The van der Waals surface area contributed by atoms with Crippen molar-refractivity contribution in [2.45, 2.75) is 17.8 Å². The van der Waals surface area contributed by atoms with E-state index in [1.54, 1.807) is 6.07 Å². The number of rotatable bonds is 6. The van der Waals surface area contributed by atoms with Crippen molar-refractivity contribution >= 4 is 11.8 Å². The molecule has 0 saturated carbocycles. The number of nitriles is 1. The maximum Gasteiger partial charge on any atom is 0.417 e. The zero-order chi connectivity index (χ0) is 19.3. The number of ether oxygens (including phenoxy) is 1. The van der Waals surface area contributed by atoms with Crippen molar-refractivity contribution in [2.75, 3.05) is 5.75 Å². The Hall–Kier alpha value is -2.60. The summed E-state index contributed by atoms with van der Waals surface area (Å²) < 4.78 is 68.6. The molecule has 2 rings (SSSR count).